The van der Waals surface area contributed by atoms with Gasteiger partial charge in [0.1, 0.15) is 0 Å². The average molecular weight is 328 g/mol. The van der Waals surface area contributed by atoms with Crippen LogP contribution in [0, 0.1) is 0 Å². The third-order valence-corrected chi connectivity index (χ3v) is 4.49. The lowest BCUT2D eigenvalue weighted by Gasteiger charge is -1.95. The summed E-state index contributed by atoms with van der Waals surface area (Å²) in [6, 6.07) is 10.1. The molecule has 6 nitrogen and oxygen atoms in total. The molecule has 3 aromatic rings. The lowest BCUT2D eigenvalue weighted by molar-refractivity contribution is 0.385. The van der Waals surface area contributed by atoms with E-state index in [9.17, 15) is 0 Å². The van der Waals surface area contributed by atoms with E-state index in [-0.39, 0.29) is 0 Å². The number of hydrogen-bond acceptors (Lipinski definition) is 7. The maximum atomic E-state index is 5.67. The summed E-state index contributed by atoms with van der Waals surface area (Å²) in [5.41, 5.74) is 1.16. The summed E-state index contributed by atoms with van der Waals surface area (Å²) in [6.07, 6.45) is 3.02. The van der Waals surface area contributed by atoms with Crippen molar-refractivity contribution in [3.8, 4) is 0 Å². The van der Waals surface area contributed by atoms with E-state index in [1.165, 1.54) is 12.8 Å². The first-order chi connectivity index (χ1) is 11.4. The van der Waals surface area contributed by atoms with Crippen LogP contribution in [0.3, 0.4) is 0 Å². The molecule has 0 bridgehead atoms. The molecule has 0 atom stereocenters. The second-order valence-electron chi connectivity index (χ2n) is 5.57. The van der Waals surface area contributed by atoms with Gasteiger partial charge in [-0.05, 0) is 18.4 Å². The molecule has 2 heterocycles. The highest BCUT2D eigenvalue weighted by Crippen LogP contribution is 2.38. The number of aromatic nitrogens is 4. The smallest absolute Gasteiger partial charge is 0.236 e. The van der Waals surface area contributed by atoms with Gasteiger partial charge in [0.15, 0.2) is 5.82 Å². The van der Waals surface area contributed by atoms with Crippen LogP contribution in [0.15, 0.2) is 39.3 Å². The molecule has 118 valence electrons. The zero-order valence-electron chi connectivity index (χ0n) is 12.5. The van der Waals surface area contributed by atoms with Crippen LogP contribution in [0.25, 0.3) is 0 Å². The highest BCUT2D eigenvalue weighted by atomic mass is 32.2. The zero-order valence-corrected chi connectivity index (χ0v) is 13.3. The van der Waals surface area contributed by atoms with E-state index in [0.717, 1.165) is 11.4 Å². The van der Waals surface area contributed by atoms with Gasteiger partial charge in [-0.3, -0.25) is 0 Å². The van der Waals surface area contributed by atoms with E-state index < -0.39 is 0 Å². The van der Waals surface area contributed by atoms with E-state index in [1.54, 1.807) is 11.8 Å². The largest absolute Gasteiger partial charge is 0.424 e. The minimum Gasteiger partial charge on any atom is -0.424 e. The Balaban J connectivity index is 1.27. The summed E-state index contributed by atoms with van der Waals surface area (Å²) in [5, 5.41) is 12.2. The number of nitrogens with zero attached hydrogens (tertiary/aromatic N) is 4. The van der Waals surface area contributed by atoms with Crippen molar-refractivity contribution in [1.82, 2.24) is 20.3 Å². The van der Waals surface area contributed by atoms with E-state index in [0.29, 0.717) is 41.5 Å². The van der Waals surface area contributed by atoms with E-state index in [4.69, 9.17) is 8.94 Å². The van der Waals surface area contributed by atoms with Crippen molar-refractivity contribution in [3.05, 3.63) is 59.4 Å². The lowest BCUT2D eigenvalue weighted by atomic mass is 10.2. The quantitative estimate of drug-likeness (QED) is 0.658. The second kappa shape index (κ2) is 6.54. The highest BCUT2D eigenvalue weighted by molar-refractivity contribution is 7.97. The molecular formula is C16H16N4O2S. The summed E-state index contributed by atoms with van der Waals surface area (Å²) in [6.45, 7) is 0. The van der Waals surface area contributed by atoms with E-state index in [2.05, 4.69) is 20.3 Å². The molecule has 1 aromatic carbocycles. The van der Waals surface area contributed by atoms with Gasteiger partial charge in [-0.25, -0.2) is 0 Å². The van der Waals surface area contributed by atoms with Gasteiger partial charge in [-0.1, -0.05) is 35.5 Å². The Hall–Kier alpha value is -2.15. The maximum absolute atomic E-state index is 5.67. The van der Waals surface area contributed by atoms with Crippen LogP contribution in [0.5, 0.6) is 0 Å². The molecule has 1 aliphatic rings. The van der Waals surface area contributed by atoms with Crippen LogP contribution in [-0.4, -0.2) is 20.3 Å². The monoisotopic (exact) mass is 328 g/mol. The van der Waals surface area contributed by atoms with Crippen molar-refractivity contribution < 1.29 is 8.94 Å². The Morgan fingerprint density at radius 2 is 1.78 bits per heavy atom. The fraction of sp³-hybridized carbons (Fsp3) is 0.375. The molecule has 4 rings (SSSR count). The Kier molecular flexibility index (Phi) is 4.10. The first-order valence-corrected chi connectivity index (χ1v) is 8.78. The summed E-state index contributed by atoms with van der Waals surface area (Å²) in [4.78, 5) is 4.40. The minimum atomic E-state index is 0.522. The van der Waals surface area contributed by atoms with E-state index in [1.807, 2.05) is 30.3 Å². The Bertz CT molecular complexity index is 767. The molecule has 1 saturated carbocycles. The Labute approximate surface area is 137 Å². The maximum Gasteiger partial charge on any atom is 0.236 e. The predicted molar refractivity (Wildman–Crippen MR) is 84.8 cm³/mol. The molecule has 0 aliphatic heterocycles. The number of rotatable bonds is 7. The highest BCUT2D eigenvalue weighted by Gasteiger charge is 2.28. The average Bonchev–Trinajstić information content (AvgIpc) is 3.16. The van der Waals surface area contributed by atoms with Crippen molar-refractivity contribution in [3.63, 3.8) is 0 Å². The normalized spacial score (nSPS) is 14.3. The molecule has 1 fully saturated rings. The van der Waals surface area contributed by atoms with Crippen LogP contribution in [0.2, 0.25) is 0 Å². The van der Waals surface area contributed by atoms with Gasteiger partial charge >= 0.3 is 0 Å². The van der Waals surface area contributed by atoms with Crippen molar-refractivity contribution in [2.24, 2.45) is 0 Å². The summed E-state index contributed by atoms with van der Waals surface area (Å²) in [5.74, 6) is 4.61. The molecule has 0 unspecified atom stereocenters. The fourth-order valence-electron chi connectivity index (χ4n) is 2.25. The number of benzene rings is 1. The van der Waals surface area contributed by atoms with Gasteiger partial charge in [0.05, 0.1) is 17.9 Å². The molecule has 7 heteroatoms. The standard InChI is InChI=1S/C16H16N4O2S/c1-2-4-11(5-3-1)8-13-18-19-15(21-13)10-23-9-14-17-16(20-22-14)12-6-7-12/h1-5,12H,6-10H2. The zero-order chi connectivity index (χ0) is 15.5. The first kappa shape index (κ1) is 14.4. The molecule has 0 N–H and O–H groups in total. The number of hydrogen-bond donors (Lipinski definition) is 0. The molecule has 23 heavy (non-hydrogen) atoms. The molecular weight excluding hydrogens is 312 g/mol. The van der Waals surface area contributed by atoms with Crippen LogP contribution in [-0.2, 0) is 17.9 Å². The summed E-state index contributed by atoms with van der Waals surface area (Å²) >= 11 is 1.63. The topological polar surface area (TPSA) is 77.8 Å². The van der Waals surface area contributed by atoms with Crippen LogP contribution < -0.4 is 0 Å². The van der Waals surface area contributed by atoms with E-state index >= 15 is 0 Å². The van der Waals surface area contributed by atoms with Crippen molar-refractivity contribution in [2.75, 3.05) is 0 Å². The van der Waals surface area contributed by atoms with Crippen molar-refractivity contribution in [1.29, 1.82) is 0 Å². The second-order valence-corrected chi connectivity index (χ2v) is 6.55. The molecule has 0 saturated heterocycles. The minimum absolute atomic E-state index is 0.522. The van der Waals surface area contributed by atoms with Crippen molar-refractivity contribution >= 4 is 11.8 Å². The van der Waals surface area contributed by atoms with Crippen LogP contribution >= 0.6 is 11.8 Å². The SMILES string of the molecule is c1ccc(Cc2nnc(CSCc3nc(C4CC4)no3)o2)cc1. The molecule has 1 aliphatic carbocycles. The van der Waals surface area contributed by atoms with Crippen molar-refractivity contribution in [2.45, 2.75) is 36.7 Å². The van der Waals surface area contributed by atoms with Gasteiger partial charge in [0.25, 0.3) is 0 Å². The third-order valence-electron chi connectivity index (χ3n) is 3.58. The Morgan fingerprint density at radius 1 is 1.00 bits per heavy atom. The summed E-state index contributed by atoms with van der Waals surface area (Å²) < 4.78 is 10.9. The fourth-order valence-corrected chi connectivity index (χ4v) is 2.93. The molecule has 0 spiro atoms. The van der Waals surface area contributed by atoms with Gasteiger partial charge in [-0.15, -0.1) is 22.0 Å². The molecule has 0 amide bonds. The van der Waals surface area contributed by atoms with Gasteiger partial charge in [0, 0.05) is 5.92 Å². The predicted octanol–water partition coefficient (Wildman–Crippen LogP) is 3.35. The third kappa shape index (κ3) is 3.79. The lowest BCUT2D eigenvalue weighted by Crippen LogP contribution is -1.87. The van der Waals surface area contributed by atoms with Gasteiger partial charge < -0.3 is 8.94 Å². The summed E-state index contributed by atoms with van der Waals surface area (Å²) in [7, 11) is 0. The van der Waals surface area contributed by atoms with Gasteiger partial charge in [-0.2, -0.15) is 4.98 Å². The van der Waals surface area contributed by atoms with Crippen LogP contribution in [0.4, 0.5) is 0 Å². The molecule has 2 aromatic heterocycles. The molecule has 0 radical (unpaired) electrons. The van der Waals surface area contributed by atoms with Gasteiger partial charge in [0.2, 0.25) is 17.7 Å². The Morgan fingerprint density at radius 3 is 2.61 bits per heavy atom. The number of thioether (sulfide) groups is 1. The van der Waals surface area contributed by atoms with Crippen LogP contribution in [0.1, 0.15) is 47.8 Å². The first-order valence-electron chi connectivity index (χ1n) is 7.62.